The summed E-state index contributed by atoms with van der Waals surface area (Å²) in [6.45, 7) is 6.46. The molecule has 130 valence electrons. The predicted molar refractivity (Wildman–Crippen MR) is 98.5 cm³/mol. The van der Waals surface area contributed by atoms with Gasteiger partial charge in [-0.1, -0.05) is 6.07 Å². The minimum atomic E-state index is -0.537. The first kappa shape index (κ1) is 17.2. The van der Waals surface area contributed by atoms with E-state index in [1.807, 2.05) is 26.0 Å². The number of benzene rings is 1. The number of ether oxygens (including phenoxy) is 1. The van der Waals surface area contributed by atoms with Crippen molar-refractivity contribution in [1.82, 2.24) is 9.55 Å². The van der Waals surface area contributed by atoms with Gasteiger partial charge in [0.25, 0.3) is 11.5 Å². The van der Waals surface area contributed by atoms with Gasteiger partial charge in [0.2, 0.25) is 0 Å². The zero-order valence-corrected chi connectivity index (χ0v) is 15.1. The van der Waals surface area contributed by atoms with Crippen molar-refractivity contribution < 1.29 is 9.53 Å². The van der Waals surface area contributed by atoms with E-state index in [2.05, 4.69) is 11.1 Å². The molecule has 7 heteroatoms. The van der Waals surface area contributed by atoms with Gasteiger partial charge in [-0.3, -0.25) is 14.2 Å². The van der Waals surface area contributed by atoms with E-state index in [-0.39, 0.29) is 5.56 Å². The largest absolute Gasteiger partial charge is 0.492 e. The van der Waals surface area contributed by atoms with Crippen molar-refractivity contribution in [2.45, 2.75) is 27.3 Å². The lowest BCUT2D eigenvalue weighted by Crippen LogP contribution is -2.23. The Morgan fingerprint density at radius 1 is 1.24 bits per heavy atom. The number of thiophene rings is 1. The van der Waals surface area contributed by atoms with Crippen LogP contribution in [0.25, 0.3) is 10.2 Å². The zero-order chi connectivity index (χ0) is 18.1. The minimum Gasteiger partial charge on any atom is -0.492 e. The van der Waals surface area contributed by atoms with E-state index in [1.54, 1.807) is 6.92 Å². The molecule has 3 aromatic rings. The molecule has 25 heavy (non-hydrogen) atoms. The Labute approximate surface area is 148 Å². The van der Waals surface area contributed by atoms with E-state index in [9.17, 15) is 9.59 Å². The second-order valence-electron chi connectivity index (χ2n) is 6.02. The van der Waals surface area contributed by atoms with Gasteiger partial charge in [-0.2, -0.15) is 0 Å². The third-order valence-corrected chi connectivity index (χ3v) is 5.15. The van der Waals surface area contributed by atoms with Gasteiger partial charge in [-0.05, 0) is 49.6 Å². The fourth-order valence-electron chi connectivity index (χ4n) is 2.83. The molecule has 0 saturated heterocycles. The van der Waals surface area contributed by atoms with Crippen LogP contribution in [0.3, 0.4) is 0 Å². The number of rotatable bonds is 5. The summed E-state index contributed by atoms with van der Waals surface area (Å²) in [5.74, 6) is 0.243. The van der Waals surface area contributed by atoms with Crippen LogP contribution in [0, 0.1) is 20.8 Å². The highest BCUT2D eigenvalue weighted by Crippen LogP contribution is 2.26. The molecular formula is C18H19N3O3S. The first-order valence-corrected chi connectivity index (χ1v) is 8.68. The molecule has 1 amide bonds. The van der Waals surface area contributed by atoms with E-state index in [0.29, 0.717) is 33.8 Å². The Kier molecular flexibility index (Phi) is 4.59. The van der Waals surface area contributed by atoms with E-state index in [4.69, 9.17) is 10.5 Å². The van der Waals surface area contributed by atoms with Gasteiger partial charge in [0.15, 0.2) is 0 Å². The lowest BCUT2D eigenvalue weighted by atomic mass is 10.1. The topological polar surface area (TPSA) is 87.2 Å². The Balaban J connectivity index is 1.82. The van der Waals surface area contributed by atoms with Crippen molar-refractivity contribution in [2.75, 3.05) is 6.61 Å². The van der Waals surface area contributed by atoms with Crippen LogP contribution in [0.1, 0.15) is 26.4 Å². The lowest BCUT2D eigenvalue weighted by molar-refractivity contribution is 0.100. The summed E-state index contributed by atoms with van der Waals surface area (Å²) in [4.78, 5) is 29.3. The van der Waals surface area contributed by atoms with Crippen LogP contribution in [0.4, 0.5) is 0 Å². The average molecular weight is 357 g/mol. The number of nitrogens with zero attached hydrogens (tertiary/aromatic N) is 2. The van der Waals surface area contributed by atoms with Crippen LogP contribution in [-0.4, -0.2) is 22.1 Å². The summed E-state index contributed by atoms with van der Waals surface area (Å²) in [5, 5.41) is 0.452. The molecule has 0 bridgehead atoms. The Hall–Kier alpha value is -2.67. The SMILES string of the molecule is Cc1cc(C)cc(OCCn2cnc3sc(C(N)=O)c(C)c3c2=O)c1. The molecule has 0 unspecified atom stereocenters. The van der Waals surface area contributed by atoms with Gasteiger partial charge in [0.05, 0.1) is 23.1 Å². The molecule has 2 N–H and O–H groups in total. The number of aromatic nitrogens is 2. The first-order chi connectivity index (χ1) is 11.9. The minimum absolute atomic E-state index is 0.185. The number of amides is 1. The first-order valence-electron chi connectivity index (χ1n) is 7.86. The van der Waals surface area contributed by atoms with Crippen molar-refractivity contribution >= 4 is 27.5 Å². The quantitative estimate of drug-likeness (QED) is 0.760. The number of aryl methyl sites for hydroxylation is 3. The van der Waals surface area contributed by atoms with Crippen LogP contribution in [0.5, 0.6) is 5.75 Å². The third-order valence-electron chi connectivity index (χ3n) is 3.94. The van der Waals surface area contributed by atoms with Crippen LogP contribution in [0.15, 0.2) is 29.3 Å². The van der Waals surface area contributed by atoms with E-state index in [0.717, 1.165) is 28.2 Å². The van der Waals surface area contributed by atoms with Crippen molar-refractivity contribution in [3.05, 3.63) is 56.4 Å². The van der Waals surface area contributed by atoms with E-state index >= 15 is 0 Å². The maximum Gasteiger partial charge on any atom is 0.262 e. The van der Waals surface area contributed by atoms with Crippen LogP contribution >= 0.6 is 11.3 Å². The molecule has 6 nitrogen and oxygen atoms in total. The van der Waals surface area contributed by atoms with Crippen LogP contribution in [-0.2, 0) is 6.54 Å². The van der Waals surface area contributed by atoms with Gasteiger partial charge < -0.3 is 10.5 Å². The normalized spacial score (nSPS) is 11.0. The zero-order valence-electron chi connectivity index (χ0n) is 14.3. The molecule has 0 atom stereocenters. The number of carbonyl (C=O) groups excluding carboxylic acids is 1. The number of primary amides is 1. The maximum absolute atomic E-state index is 12.7. The standard InChI is InChI=1S/C18H19N3O3S/c1-10-6-11(2)8-13(7-10)24-5-4-21-9-20-17-14(18(21)23)12(3)15(25-17)16(19)22/h6-9H,4-5H2,1-3H3,(H2,19,22). The Morgan fingerprint density at radius 2 is 1.92 bits per heavy atom. The van der Waals surface area contributed by atoms with E-state index in [1.165, 1.54) is 10.9 Å². The van der Waals surface area contributed by atoms with Gasteiger partial charge in [-0.15, -0.1) is 11.3 Å². The number of fused-ring (bicyclic) bond motifs is 1. The molecule has 2 aromatic heterocycles. The lowest BCUT2D eigenvalue weighted by Gasteiger charge is -2.09. The maximum atomic E-state index is 12.7. The average Bonchev–Trinajstić information content (AvgIpc) is 2.86. The van der Waals surface area contributed by atoms with Crippen LogP contribution < -0.4 is 16.0 Å². The predicted octanol–water partition coefficient (Wildman–Crippen LogP) is 2.56. The van der Waals surface area contributed by atoms with Crippen molar-refractivity contribution in [2.24, 2.45) is 5.73 Å². The molecule has 0 fully saturated rings. The van der Waals surface area contributed by atoms with Crippen molar-refractivity contribution in [3.63, 3.8) is 0 Å². The number of hydrogen-bond donors (Lipinski definition) is 1. The van der Waals surface area contributed by atoms with Gasteiger partial charge in [-0.25, -0.2) is 4.98 Å². The molecule has 1 aromatic carbocycles. The van der Waals surface area contributed by atoms with E-state index < -0.39 is 5.91 Å². The molecule has 0 aliphatic rings. The molecule has 2 heterocycles. The highest BCUT2D eigenvalue weighted by Gasteiger charge is 2.17. The Bertz CT molecular complexity index is 1000. The molecule has 0 aliphatic heterocycles. The van der Waals surface area contributed by atoms with Gasteiger partial charge >= 0.3 is 0 Å². The highest BCUT2D eigenvalue weighted by atomic mass is 32.1. The smallest absolute Gasteiger partial charge is 0.262 e. The molecular weight excluding hydrogens is 338 g/mol. The molecule has 0 spiro atoms. The second-order valence-corrected chi connectivity index (χ2v) is 7.01. The molecule has 0 aliphatic carbocycles. The molecule has 0 saturated carbocycles. The third kappa shape index (κ3) is 3.41. The molecule has 3 rings (SSSR count). The van der Waals surface area contributed by atoms with Crippen molar-refractivity contribution in [3.8, 4) is 5.75 Å². The summed E-state index contributed by atoms with van der Waals surface area (Å²) < 4.78 is 7.25. The number of nitrogens with two attached hydrogens (primary N) is 1. The summed E-state index contributed by atoms with van der Waals surface area (Å²) in [5.41, 5.74) is 8.01. The van der Waals surface area contributed by atoms with Gasteiger partial charge in [0, 0.05) is 0 Å². The highest BCUT2D eigenvalue weighted by molar-refractivity contribution is 7.20. The Morgan fingerprint density at radius 3 is 2.56 bits per heavy atom. The second kappa shape index (κ2) is 6.68. The van der Waals surface area contributed by atoms with Crippen LogP contribution in [0.2, 0.25) is 0 Å². The van der Waals surface area contributed by atoms with Gasteiger partial charge in [0.1, 0.15) is 17.2 Å². The summed E-state index contributed by atoms with van der Waals surface area (Å²) in [7, 11) is 0. The number of carbonyl (C=O) groups is 1. The fraction of sp³-hybridized carbons (Fsp3) is 0.278. The van der Waals surface area contributed by atoms with Crippen molar-refractivity contribution in [1.29, 1.82) is 0 Å². The fourth-order valence-corrected chi connectivity index (χ4v) is 3.82. The summed E-state index contributed by atoms with van der Waals surface area (Å²) in [6.07, 6.45) is 1.48. The summed E-state index contributed by atoms with van der Waals surface area (Å²) in [6, 6.07) is 5.99. The number of hydrogen-bond acceptors (Lipinski definition) is 5. The molecule has 0 radical (unpaired) electrons. The summed E-state index contributed by atoms with van der Waals surface area (Å²) >= 11 is 1.15. The monoisotopic (exact) mass is 357 g/mol.